The van der Waals surface area contributed by atoms with Crippen LogP contribution in [0.25, 0.3) is 0 Å². The zero-order valence-corrected chi connectivity index (χ0v) is 24.9. The molecule has 1 aliphatic carbocycles. The summed E-state index contributed by atoms with van der Waals surface area (Å²) in [7, 11) is 0. The molecular formula is C32H39F2N7O2. The number of benzene rings is 2. The minimum Gasteiger partial charge on any atom is -0.345 e. The lowest BCUT2D eigenvalue weighted by Crippen LogP contribution is -2.51. The molecule has 1 atom stereocenters. The summed E-state index contributed by atoms with van der Waals surface area (Å²) in [6.45, 7) is 6.71. The Morgan fingerprint density at radius 1 is 1.09 bits per heavy atom. The van der Waals surface area contributed by atoms with Gasteiger partial charge in [-0.3, -0.25) is 14.6 Å². The van der Waals surface area contributed by atoms with Gasteiger partial charge in [0.15, 0.2) is 5.82 Å². The van der Waals surface area contributed by atoms with Gasteiger partial charge in [0.2, 0.25) is 0 Å². The third-order valence-electron chi connectivity index (χ3n) is 8.85. The number of hydrogen-bond donors (Lipinski definition) is 2. The topological polar surface area (TPSA) is 116 Å². The number of amides is 2. The summed E-state index contributed by atoms with van der Waals surface area (Å²) in [6, 6.07) is 10.1. The van der Waals surface area contributed by atoms with Crippen LogP contribution in [0.2, 0.25) is 0 Å². The van der Waals surface area contributed by atoms with Crippen molar-refractivity contribution in [1.82, 2.24) is 30.8 Å². The van der Waals surface area contributed by atoms with Crippen molar-refractivity contribution in [2.45, 2.75) is 90.4 Å². The van der Waals surface area contributed by atoms with E-state index >= 15 is 0 Å². The molecule has 9 nitrogen and oxygen atoms in total. The second-order valence-corrected chi connectivity index (χ2v) is 12.0. The number of unbranched alkanes of at least 4 members (excludes halogenated alkanes) is 2. The molecule has 2 amide bonds. The number of halogens is 2. The highest BCUT2D eigenvalue weighted by atomic mass is 19.1. The van der Waals surface area contributed by atoms with E-state index in [4.69, 9.17) is 4.99 Å². The van der Waals surface area contributed by atoms with E-state index in [9.17, 15) is 18.4 Å². The van der Waals surface area contributed by atoms with E-state index in [1.807, 2.05) is 17.0 Å². The quantitative estimate of drug-likeness (QED) is 0.269. The molecule has 2 N–H and O–H groups in total. The Balaban J connectivity index is 1.48. The molecule has 5 rings (SSSR count). The van der Waals surface area contributed by atoms with Crippen LogP contribution in [-0.2, 0) is 11.3 Å². The van der Waals surface area contributed by atoms with Crippen LogP contribution in [0.3, 0.4) is 0 Å². The van der Waals surface area contributed by atoms with E-state index in [2.05, 4.69) is 46.7 Å². The molecule has 2 aromatic carbocycles. The molecule has 11 heteroatoms. The Kier molecular flexibility index (Phi) is 9.27. The molecule has 0 saturated heterocycles. The number of nitrogens with zero attached hydrogens (tertiary/aromatic N) is 5. The number of aliphatic imine (C=N–C) groups is 1. The number of carbonyl (C=O) groups is 2. The normalized spacial score (nSPS) is 21.0. The summed E-state index contributed by atoms with van der Waals surface area (Å²) in [5.41, 5.74) is 0.840. The average molecular weight is 592 g/mol. The number of aromatic nitrogens is 4. The van der Waals surface area contributed by atoms with Crippen molar-refractivity contribution in [3.63, 3.8) is 0 Å². The van der Waals surface area contributed by atoms with E-state index in [1.165, 1.54) is 12.1 Å². The maximum Gasteiger partial charge on any atom is 0.275 e. The SMILES string of the molecule is CCCCC[C@H](c1ccc(C(=O)NCc2nn[nH]n2)cc1)N1C(=O)C(c2cc(F)cc(F)c2)=NC12CCC(C(C)C)CC2. The van der Waals surface area contributed by atoms with Gasteiger partial charge in [-0.1, -0.05) is 57.4 Å². The lowest BCUT2D eigenvalue weighted by atomic mass is 9.76. The third-order valence-corrected chi connectivity index (χ3v) is 8.85. The number of hydrogen-bond acceptors (Lipinski definition) is 6. The predicted molar refractivity (Wildman–Crippen MR) is 158 cm³/mol. The summed E-state index contributed by atoms with van der Waals surface area (Å²) in [6.07, 6.45) is 6.82. The first kappa shape index (κ1) is 30.4. The molecule has 43 heavy (non-hydrogen) atoms. The lowest BCUT2D eigenvalue weighted by molar-refractivity contribution is -0.133. The minimum atomic E-state index is -0.794. The molecule has 1 aliphatic heterocycles. The minimum absolute atomic E-state index is 0.111. The number of tetrazole rings is 1. The maximum atomic E-state index is 14.3. The van der Waals surface area contributed by atoms with Gasteiger partial charge in [0.05, 0.1) is 12.6 Å². The van der Waals surface area contributed by atoms with Gasteiger partial charge in [-0.15, -0.1) is 10.2 Å². The molecule has 1 fully saturated rings. The molecule has 1 aromatic heterocycles. The van der Waals surface area contributed by atoms with Crippen molar-refractivity contribution in [1.29, 1.82) is 0 Å². The number of aromatic amines is 1. The van der Waals surface area contributed by atoms with Gasteiger partial charge in [-0.2, -0.15) is 5.21 Å². The van der Waals surface area contributed by atoms with Crippen LogP contribution in [0.5, 0.6) is 0 Å². The van der Waals surface area contributed by atoms with E-state index in [0.29, 0.717) is 42.5 Å². The summed E-state index contributed by atoms with van der Waals surface area (Å²) in [5.74, 6) is -0.654. The van der Waals surface area contributed by atoms with Crippen LogP contribution in [0.15, 0.2) is 47.5 Å². The Morgan fingerprint density at radius 2 is 1.79 bits per heavy atom. The summed E-state index contributed by atoms with van der Waals surface area (Å²) >= 11 is 0. The standard InChI is InChI=1S/C32H39F2N7O2/c1-4-5-6-7-27(22-8-10-23(11-9-22)30(42)35-19-28-37-39-40-38-28)41-31(43)29(24-16-25(33)18-26(34)17-24)36-32(41)14-12-21(13-15-32)20(2)3/h8-11,16-18,20-21,27H,4-7,12-15,19H2,1-3H3,(H,35,42)(H,37,38,39,40)/t21?,27-,32?/m1/s1. The molecule has 1 spiro atoms. The van der Waals surface area contributed by atoms with Gasteiger partial charge in [0, 0.05) is 17.2 Å². The summed E-state index contributed by atoms with van der Waals surface area (Å²) in [4.78, 5) is 34.0. The van der Waals surface area contributed by atoms with Gasteiger partial charge in [0.1, 0.15) is 23.0 Å². The zero-order valence-electron chi connectivity index (χ0n) is 24.9. The zero-order chi connectivity index (χ0) is 30.6. The molecule has 228 valence electrons. The Morgan fingerprint density at radius 3 is 2.40 bits per heavy atom. The van der Waals surface area contributed by atoms with Crippen molar-refractivity contribution in [3.05, 3.63) is 76.6 Å². The van der Waals surface area contributed by atoms with E-state index in [1.54, 1.807) is 12.1 Å². The van der Waals surface area contributed by atoms with Gasteiger partial charge < -0.3 is 10.2 Å². The van der Waals surface area contributed by atoms with Crippen molar-refractivity contribution in [2.75, 3.05) is 0 Å². The second kappa shape index (κ2) is 13.1. The van der Waals surface area contributed by atoms with Gasteiger partial charge in [-0.25, -0.2) is 8.78 Å². The molecule has 1 saturated carbocycles. The first-order valence-electron chi connectivity index (χ1n) is 15.2. The highest BCUT2D eigenvalue weighted by molar-refractivity contribution is 6.46. The average Bonchev–Trinajstić information content (AvgIpc) is 3.61. The maximum absolute atomic E-state index is 14.3. The van der Waals surface area contributed by atoms with Crippen LogP contribution in [0, 0.1) is 23.5 Å². The lowest BCUT2D eigenvalue weighted by Gasteiger charge is -2.46. The fourth-order valence-corrected chi connectivity index (χ4v) is 6.45. The highest BCUT2D eigenvalue weighted by Crippen LogP contribution is 2.48. The molecule has 0 radical (unpaired) electrons. The van der Waals surface area contributed by atoms with Crippen molar-refractivity contribution in [2.24, 2.45) is 16.8 Å². The van der Waals surface area contributed by atoms with Gasteiger partial charge in [0.25, 0.3) is 11.8 Å². The molecular weight excluding hydrogens is 552 g/mol. The Bertz CT molecular complexity index is 1430. The smallest absolute Gasteiger partial charge is 0.275 e. The van der Waals surface area contributed by atoms with Crippen molar-refractivity contribution < 1.29 is 18.4 Å². The van der Waals surface area contributed by atoms with E-state index < -0.39 is 17.3 Å². The van der Waals surface area contributed by atoms with Gasteiger partial charge >= 0.3 is 0 Å². The molecule has 2 heterocycles. The first-order chi connectivity index (χ1) is 20.7. The number of carbonyl (C=O) groups excluding carboxylic acids is 2. The van der Waals surface area contributed by atoms with Crippen molar-refractivity contribution in [3.8, 4) is 0 Å². The monoisotopic (exact) mass is 591 g/mol. The fourth-order valence-electron chi connectivity index (χ4n) is 6.45. The van der Waals surface area contributed by atoms with E-state index in [-0.39, 0.29) is 35.7 Å². The van der Waals surface area contributed by atoms with Crippen LogP contribution >= 0.6 is 0 Å². The fraction of sp³-hybridized carbons (Fsp3) is 0.500. The molecule has 0 bridgehead atoms. The number of rotatable bonds is 11. The van der Waals surface area contributed by atoms with Crippen LogP contribution in [0.1, 0.15) is 105 Å². The number of H-pyrrole nitrogens is 1. The van der Waals surface area contributed by atoms with Gasteiger partial charge in [-0.05, 0) is 73.8 Å². The number of nitrogens with one attached hydrogen (secondary N) is 2. The predicted octanol–water partition coefficient (Wildman–Crippen LogP) is 5.90. The summed E-state index contributed by atoms with van der Waals surface area (Å²) in [5, 5.41) is 16.3. The third kappa shape index (κ3) is 6.65. The Labute approximate surface area is 250 Å². The van der Waals surface area contributed by atoms with Crippen LogP contribution in [-0.4, -0.2) is 48.7 Å². The largest absolute Gasteiger partial charge is 0.345 e. The molecule has 3 aromatic rings. The molecule has 0 unspecified atom stereocenters. The second-order valence-electron chi connectivity index (χ2n) is 12.0. The van der Waals surface area contributed by atoms with E-state index in [0.717, 1.165) is 43.7 Å². The molecule has 2 aliphatic rings. The van der Waals surface area contributed by atoms with Crippen molar-refractivity contribution >= 4 is 17.5 Å². The summed E-state index contributed by atoms with van der Waals surface area (Å²) < 4.78 is 28.6. The van der Waals surface area contributed by atoms with Crippen LogP contribution < -0.4 is 5.32 Å². The Hall–Kier alpha value is -4.02. The van der Waals surface area contributed by atoms with Crippen LogP contribution in [0.4, 0.5) is 8.78 Å². The first-order valence-corrected chi connectivity index (χ1v) is 15.2. The highest BCUT2D eigenvalue weighted by Gasteiger charge is 2.52.